The number of benzene rings is 1. The van der Waals surface area contributed by atoms with Crippen LogP contribution in [0.3, 0.4) is 0 Å². The quantitative estimate of drug-likeness (QED) is 0.843. The lowest BCUT2D eigenvalue weighted by Crippen LogP contribution is -2.24. The number of carbonyl (C=O) groups excluding carboxylic acids is 1. The number of pyridine rings is 1. The summed E-state index contributed by atoms with van der Waals surface area (Å²) in [5.41, 5.74) is 2.20. The number of rotatable bonds is 7. The van der Waals surface area contributed by atoms with Crippen LogP contribution >= 0.6 is 0 Å². The first-order valence-electron chi connectivity index (χ1n) is 8.84. The van der Waals surface area contributed by atoms with Gasteiger partial charge in [-0.3, -0.25) is 4.79 Å². The number of methoxy groups -OCH3 is 1. The van der Waals surface area contributed by atoms with Crippen molar-refractivity contribution in [1.29, 1.82) is 0 Å². The van der Waals surface area contributed by atoms with Crippen LogP contribution in [-0.2, 0) is 17.8 Å². The molecule has 25 heavy (non-hydrogen) atoms. The summed E-state index contributed by atoms with van der Waals surface area (Å²) in [6.07, 6.45) is 5.46. The van der Waals surface area contributed by atoms with E-state index in [0.29, 0.717) is 19.4 Å². The van der Waals surface area contributed by atoms with Crippen LogP contribution in [0, 0.1) is 0 Å². The van der Waals surface area contributed by atoms with Gasteiger partial charge in [0.2, 0.25) is 5.91 Å². The average molecular weight is 339 g/mol. The van der Waals surface area contributed by atoms with E-state index in [9.17, 15) is 4.79 Å². The molecular weight excluding hydrogens is 314 g/mol. The van der Waals surface area contributed by atoms with Crippen LogP contribution in [0.25, 0.3) is 0 Å². The predicted octanol–water partition coefficient (Wildman–Crippen LogP) is 2.94. The number of nitrogens with one attached hydrogen (secondary N) is 1. The molecule has 132 valence electrons. The number of carbonyl (C=O) groups is 1. The minimum Gasteiger partial charge on any atom is -0.497 e. The van der Waals surface area contributed by atoms with Crippen molar-refractivity contribution in [3.05, 3.63) is 53.7 Å². The highest BCUT2D eigenvalue weighted by Crippen LogP contribution is 2.18. The molecule has 0 unspecified atom stereocenters. The summed E-state index contributed by atoms with van der Waals surface area (Å²) in [5.74, 6) is 1.90. The van der Waals surface area contributed by atoms with Gasteiger partial charge < -0.3 is 15.0 Å². The van der Waals surface area contributed by atoms with Crippen LogP contribution in [0.2, 0.25) is 0 Å². The molecule has 1 aromatic heterocycles. The highest BCUT2D eigenvalue weighted by atomic mass is 16.5. The largest absolute Gasteiger partial charge is 0.497 e. The molecule has 5 nitrogen and oxygen atoms in total. The Morgan fingerprint density at radius 1 is 1.20 bits per heavy atom. The van der Waals surface area contributed by atoms with Crippen molar-refractivity contribution >= 4 is 11.7 Å². The number of aryl methyl sites for hydroxylation is 1. The lowest BCUT2D eigenvalue weighted by Gasteiger charge is -2.17. The normalized spacial score (nSPS) is 13.7. The predicted molar refractivity (Wildman–Crippen MR) is 98.8 cm³/mol. The molecule has 5 heteroatoms. The number of hydrogen-bond acceptors (Lipinski definition) is 4. The van der Waals surface area contributed by atoms with Gasteiger partial charge in [0.15, 0.2) is 0 Å². The lowest BCUT2D eigenvalue weighted by molar-refractivity contribution is -0.121. The van der Waals surface area contributed by atoms with Crippen LogP contribution in [0.15, 0.2) is 42.6 Å². The molecule has 1 amide bonds. The number of ether oxygens (including phenoxy) is 1. The van der Waals surface area contributed by atoms with Crippen molar-refractivity contribution in [2.45, 2.75) is 32.2 Å². The minimum absolute atomic E-state index is 0.0577. The molecule has 2 aromatic rings. The molecule has 1 fully saturated rings. The Kier molecular flexibility index (Phi) is 5.88. The van der Waals surface area contributed by atoms with Crippen molar-refractivity contribution in [3.63, 3.8) is 0 Å². The number of nitrogens with zero attached hydrogens (tertiary/aromatic N) is 2. The third-order valence-electron chi connectivity index (χ3n) is 4.50. The Bertz CT molecular complexity index is 712. The molecule has 0 atom stereocenters. The van der Waals surface area contributed by atoms with Crippen LogP contribution in [0.5, 0.6) is 5.75 Å². The number of amides is 1. The highest BCUT2D eigenvalue weighted by Gasteiger charge is 2.13. The molecule has 1 aliphatic rings. The van der Waals surface area contributed by atoms with Gasteiger partial charge in [-0.15, -0.1) is 0 Å². The topological polar surface area (TPSA) is 54.5 Å². The fourth-order valence-electron chi connectivity index (χ4n) is 3.06. The van der Waals surface area contributed by atoms with E-state index in [1.165, 1.54) is 12.8 Å². The Morgan fingerprint density at radius 3 is 2.84 bits per heavy atom. The van der Waals surface area contributed by atoms with Crippen LogP contribution in [0.4, 0.5) is 5.82 Å². The third kappa shape index (κ3) is 4.95. The van der Waals surface area contributed by atoms with Gasteiger partial charge in [0.25, 0.3) is 0 Å². The first kappa shape index (κ1) is 17.3. The Balaban J connectivity index is 1.48. The van der Waals surface area contributed by atoms with Gasteiger partial charge in [0, 0.05) is 32.3 Å². The molecular formula is C20H25N3O2. The second-order valence-corrected chi connectivity index (χ2v) is 6.34. The fraction of sp³-hybridized carbons (Fsp3) is 0.400. The van der Waals surface area contributed by atoms with Gasteiger partial charge in [0.1, 0.15) is 11.6 Å². The van der Waals surface area contributed by atoms with Gasteiger partial charge in [-0.2, -0.15) is 0 Å². The Hall–Kier alpha value is -2.56. The smallest absolute Gasteiger partial charge is 0.220 e. The molecule has 1 aromatic carbocycles. The van der Waals surface area contributed by atoms with Crippen LogP contribution < -0.4 is 15.0 Å². The van der Waals surface area contributed by atoms with E-state index in [0.717, 1.165) is 35.8 Å². The van der Waals surface area contributed by atoms with Gasteiger partial charge in [-0.25, -0.2) is 4.98 Å². The zero-order valence-electron chi connectivity index (χ0n) is 14.7. The molecule has 0 spiro atoms. The van der Waals surface area contributed by atoms with Gasteiger partial charge in [-0.05, 0) is 54.7 Å². The Labute approximate surface area is 149 Å². The number of hydrogen-bond donors (Lipinski definition) is 1. The van der Waals surface area contributed by atoms with Crippen LogP contribution in [-0.4, -0.2) is 31.1 Å². The van der Waals surface area contributed by atoms with Crippen molar-refractivity contribution in [1.82, 2.24) is 10.3 Å². The van der Waals surface area contributed by atoms with Gasteiger partial charge >= 0.3 is 0 Å². The minimum atomic E-state index is 0.0577. The van der Waals surface area contributed by atoms with E-state index in [4.69, 9.17) is 4.74 Å². The summed E-state index contributed by atoms with van der Waals surface area (Å²) in [7, 11) is 1.65. The first-order valence-corrected chi connectivity index (χ1v) is 8.84. The molecule has 0 bridgehead atoms. The first-order chi connectivity index (χ1) is 12.2. The SMILES string of the molecule is COc1cccc(CCC(=O)NCc2ccnc(N3CCCC3)c2)c1. The average Bonchev–Trinajstić information content (AvgIpc) is 3.20. The fourth-order valence-corrected chi connectivity index (χ4v) is 3.06. The summed E-state index contributed by atoms with van der Waals surface area (Å²) >= 11 is 0. The van der Waals surface area contributed by atoms with E-state index < -0.39 is 0 Å². The number of aromatic nitrogens is 1. The third-order valence-corrected chi connectivity index (χ3v) is 4.50. The Morgan fingerprint density at radius 2 is 2.04 bits per heavy atom. The summed E-state index contributed by atoms with van der Waals surface area (Å²) < 4.78 is 5.21. The molecule has 0 saturated carbocycles. The molecule has 1 N–H and O–H groups in total. The monoisotopic (exact) mass is 339 g/mol. The summed E-state index contributed by atoms with van der Waals surface area (Å²) in [6, 6.07) is 11.9. The maximum Gasteiger partial charge on any atom is 0.220 e. The summed E-state index contributed by atoms with van der Waals surface area (Å²) in [4.78, 5) is 18.9. The molecule has 3 rings (SSSR count). The summed E-state index contributed by atoms with van der Waals surface area (Å²) in [5, 5.41) is 3.00. The second-order valence-electron chi connectivity index (χ2n) is 6.34. The van der Waals surface area contributed by atoms with Gasteiger partial charge in [0.05, 0.1) is 7.11 Å². The molecule has 1 saturated heterocycles. The van der Waals surface area contributed by atoms with Crippen molar-refractivity contribution in [2.24, 2.45) is 0 Å². The lowest BCUT2D eigenvalue weighted by atomic mass is 10.1. The molecule has 0 aliphatic carbocycles. The van der Waals surface area contributed by atoms with Crippen molar-refractivity contribution in [3.8, 4) is 5.75 Å². The van der Waals surface area contributed by atoms with E-state index in [2.05, 4.69) is 21.3 Å². The molecule has 1 aliphatic heterocycles. The maximum absolute atomic E-state index is 12.1. The van der Waals surface area contributed by atoms with E-state index in [1.807, 2.05) is 36.5 Å². The highest BCUT2D eigenvalue weighted by molar-refractivity contribution is 5.76. The van der Waals surface area contributed by atoms with E-state index in [1.54, 1.807) is 7.11 Å². The maximum atomic E-state index is 12.1. The van der Waals surface area contributed by atoms with Crippen molar-refractivity contribution < 1.29 is 9.53 Å². The standard InChI is InChI=1S/C20H25N3O2/c1-25-18-6-4-5-16(13-18)7-8-20(24)22-15-17-9-10-21-19(14-17)23-11-2-3-12-23/h4-6,9-10,13-14H,2-3,7-8,11-12,15H2,1H3,(H,22,24). The van der Waals surface area contributed by atoms with E-state index >= 15 is 0 Å². The van der Waals surface area contributed by atoms with Crippen LogP contribution in [0.1, 0.15) is 30.4 Å². The molecule has 0 radical (unpaired) electrons. The van der Waals surface area contributed by atoms with Crippen molar-refractivity contribution in [2.75, 3.05) is 25.1 Å². The van der Waals surface area contributed by atoms with Gasteiger partial charge in [-0.1, -0.05) is 12.1 Å². The number of anilines is 1. The molecule has 2 heterocycles. The second kappa shape index (κ2) is 8.51. The zero-order valence-corrected chi connectivity index (χ0v) is 14.7. The summed E-state index contributed by atoms with van der Waals surface area (Å²) in [6.45, 7) is 2.69. The zero-order chi connectivity index (χ0) is 17.5. The van der Waals surface area contributed by atoms with E-state index in [-0.39, 0.29) is 5.91 Å².